The van der Waals surface area contributed by atoms with E-state index in [4.69, 9.17) is 10.5 Å². The molecule has 0 aliphatic rings. The van der Waals surface area contributed by atoms with Gasteiger partial charge in [-0.2, -0.15) is 0 Å². The number of carbonyl (C=O) groups is 2. The normalized spacial score (nSPS) is 10.9. The lowest BCUT2D eigenvalue weighted by Gasteiger charge is -2.21. The summed E-state index contributed by atoms with van der Waals surface area (Å²) in [5, 5.41) is 10.6. The van der Waals surface area contributed by atoms with Crippen molar-refractivity contribution >= 4 is 22.8 Å². The molecule has 9 nitrogen and oxygen atoms in total. The fourth-order valence-corrected chi connectivity index (χ4v) is 3.14. The molecule has 4 N–H and O–H groups in total. The number of benzene rings is 1. The van der Waals surface area contributed by atoms with E-state index in [-0.39, 0.29) is 30.0 Å². The molecule has 2 amide bonds. The van der Waals surface area contributed by atoms with Crippen molar-refractivity contribution in [1.82, 2.24) is 14.9 Å². The Morgan fingerprint density at radius 2 is 1.97 bits per heavy atom. The lowest BCUT2D eigenvalue weighted by atomic mass is 10.1. The van der Waals surface area contributed by atoms with Crippen molar-refractivity contribution in [2.75, 3.05) is 26.8 Å². The number of hydrogen-bond acceptors (Lipinski definition) is 6. The predicted octanol–water partition coefficient (Wildman–Crippen LogP) is 0.933. The summed E-state index contributed by atoms with van der Waals surface area (Å²) in [6.07, 6.45) is 1.92. The van der Waals surface area contributed by atoms with Gasteiger partial charge in [0.15, 0.2) is 5.75 Å². The molecule has 0 radical (unpaired) electrons. The molecule has 3 aromatic rings. The highest BCUT2D eigenvalue weighted by molar-refractivity contribution is 6.02. The fourth-order valence-electron chi connectivity index (χ4n) is 3.14. The summed E-state index contributed by atoms with van der Waals surface area (Å²) in [5.41, 5.74) is 5.62. The van der Waals surface area contributed by atoms with Crippen LogP contribution in [0.4, 0.5) is 4.39 Å². The zero-order chi connectivity index (χ0) is 22.5. The van der Waals surface area contributed by atoms with Crippen LogP contribution in [-0.2, 0) is 16.0 Å². The van der Waals surface area contributed by atoms with Crippen LogP contribution in [0.2, 0.25) is 0 Å². The van der Waals surface area contributed by atoms with Crippen LogP contribution >= 0.6 is 0 Å². The topological polar surface area (TPSA) is 139 Å². The molecule has 2 aromatic heterocycles. The number of nitrogens with zero attached hydrogens (tertiary/aromatic N) is 2. The molecule has 0 spiro atoms. The van der Waals surface area contributed by atoms with Gasteiger partial charge < -0.3 is 25.5 Å². The summed E-state index contributed by atoms with van der Waals surface area (Å²) >= 11 is 0. The molecule has 1 aromatic carbocycles. The monoisotopic (exact) mass is 428 g/mol. The van der Waals surface area contributed by atoms with Crippen molar-refractivity contribution in [3.05, 3.63) is 69.4 Å². The number of carbonyl (C=O) groups excluding carboxylic acids is 2. The first kappa shape index (κ1) is 21.9. The molecule has 0 saturated heterocycles. The van der Waals surface area contributed by atoms with E-state index in [1.807, 2.05) is 0 Å². The number of methoxy groups -OCH3 is 1. The Kier molecular flexibility index (Phi) is 6.61. The van der Waals surface area contributed by atoms with Crippen LogP contribution in [0, 0.1) is 5.82 Å². The fraction of sp³-hybridized carbons (Fsp3) is 0.238. The zero-order valence-corrected chi connectivity index (χ0v) is 16.7. The Labute approximate surface area is 176 Å². The number of halogens is 1. The van der Waals surface area contributed by atoms with Gasteiger partial charge in [-0.15, -0.1) is 0 Å². The minimum atomic E-state index is -0.867. The van der Waals surface area contributed by atoms with Crippen LogP contribution in [-0.4, -0.2) is 58.6 Å². The standard InChI is InChI=1S/C21H21FN4O5/c1-31-7-6-26(11-16(23)27)21(30)17-19(28)18-15(25-20(17)29)9-13(10-24-18)8-12-2-4-14(22)5-3-12/h2-5,9-10H,6-8,11H2,1H3,(H2,23,27)(H2,25,28,29). The third kappa shape index (κ3) is 5.04. The van der Waals surface area contributed by atoms with Crippen molar-refractivity contribution in [3.8, 4) is 5.75 Å². The second kappa shape index (κ2) is 9.35. The Balaban J connectivity index is 1.96. The summed E-state index contributed by atoms with van der Waals surface area (Å²) in [6.45, 7) is -0.335. The van der Waals surface area contributed by atoms with Gasteiger partial charge in [0.25, 0.3) is 11.5 Å². The molecule has 0 unspecified atom stereocenters. The molecule has 3 rings (SSSR count). The quantitative estimate of drug-likeness (QED) is 0.488. The average molecular weight is 428 g/mol. The largest absolute Gasteiger partial charge is 0.505 e. The molecular weight excluding hydrogens is 407 g/mol. The number of amides is 2. The van der Waals surface area contributed by atoms with Crippen molar-refractivity contribution in [2.24, 2.45) is 5.73 Å². The van der Waals surface area contributed by atoms with E-state index in [0.29, 0.717) is 12.0 Å². The maximum Gasteiger partial charge on any atom is 0.265 e. The third-order valence-electron chi connectivity index (χ3n) is 4.62. The lowest BCUT2D eigenvalue weighted by Crippen LogP contribution is -2.42. The number of nitrogens with one attached hydrogen (secondary N) is 1. The van der Waals surface area contributed by atoms with Gasteiger partial charge in [-0.3, -0.25) is 19.4 Å². The summed E-state index contributed by atoms with van der Waals surface area (Å²) in [7, 11) is 1.42. The number of rotatable bonds is 8. The van der Waals surface area contributed by atoms with Crippen LogP contribution in [0.15, 0.2) is 41.3 Å². The Hall–Kier alpha value is -3.79. The van der Waals surface area contributed by atoms with E-state index in [2.05, 4.69) is 9.97 Å². The molecule has 10 heteroatoms. The third-order valence-corrected chi connectivity index (χ3v) is 4.62. The zero-order valence-electron chi connectivity index (χ0n) is 16.7. The number of aromatic hydroxyl groups is 1. The molecule has 0 saturated carbocycles. The smallest absolute Gasteiger partial charge is 0.265 e. The van der Waals surface area contributed by atoms with E-state index in [1.165, 1.54) is 25.4 Å². The second-order valence-electron chi connectivity index (χ2n) is 6.91. The highest BCUT2D eigenvalue weighted by Crippen LogP contribution is 2.25. The van der Waals surface area contributed by atoms with Gasteiger partial charge in [0.05, 0.1) is 18.7 Å². The first-order valence-corrected chi connectivity index (χ1v) is 9.35. The molecule has 31 heavy (non-hydrogen) atoms. The molecule has 0 aliphatic heterocycles. The van der Waals surface area contributed by atoms with E-state index >= 15 is 0 Å². The molecule has 0 fully saturated rings. The summed E-state index contributed by atoms with van der Waals surface area (Å²) < 4.78 is 18.0. The Morgan fingerprint density at radius 3 is 2.61 bits per heavy atom. The molecule has 0 atom stereocenters. The number of H-pyrrole nitrogens is 1. The molecule has 162 valence electrons. The number of nitrogens with two attached hydrogens (primary N) is 1. The van der Waals surface area contributed by atoms with E-state index < -0.39 is 35.2 Å². The first-order valence-electron chi connectivity index (χ1n) is 9.35. The van der Waals surface area contributed by atoms with Crippen LogP contribution in [0.25, 0.3) is 11.0 Å². The van der Waals surface area contributed by atoms with Crippen molar-refractivity contribution < 1.29 is 23.8 Å². The summed E-state index contributed by atoms with van der Waals surface area (Å²) in [4.78, 5) is 44.5. The molecule has 0 aliphatic carbocycles. The van der Waals surface area contributed by atoms with Crippen molar-refractivity contribution in [3.63, 3.8) is 0 Å². The maximum atomic E-state index is 13.1. The Morgan fingerprint density at radius 1 is 1.26 bits per heavy atom. The predicted molar refractivity (Wildman–Crippen MR) is 110 cm³/mol. The van der Waals surface area contributed by atoms with E-state index in [0.717, 1.165) is 10.5 Å². The maximum absolute atomic E-state index is 13.1. The van der Waals surface area contributed by atoms with Crippen LogP contribution < -0.4 is 11.3 Å². The van der Waals surface area contributed by atoms with Crippen molar-refractivity contribution in [1.29, 1.82) is 0 Å². The summed E-state index contributed by atoms with van der Waals surface area (Å²) in [6, 6.07) is 7.57. The van der Waals surface area contributed by atoms with Crippen LogP contribution in [0.1, 0.15) is 21.5 Å². The van der Waals surface area contributed by atoms with Crippen LogP contribution in [0.3, 0.4) is 0 Å². The number of fused-ring (bicyclic) bond motifs is 1. The highest BCUT2D eigenvalue weighted by Gasteiger charge is 2.26. The molecule has 0 bridgehead atoms. The number of hydrogen-bond donors (Lipinski definition) is 3. The van der Waals surface area contributed by atoms with Gasteiger partial charge in [-0.1, -0.05) is 12.1 Å². The number of ether oxygens (including phenoxy) is 1. The van der Waals surface area contributed by atoms with Gasteiger partial charge in [0.2, 0.25) is 5.91 Å². The van der Waals surface area contributed by atoms with Gasteiger partial charge in [-0.05, 0) is 35.7 Å². The number of pyridine rings is 2. The van der Waals surface area contributed by atoms with E-state index in [1.54, 1.807) is 18.2 Å². The number of aromatic amines is 1. The summed E-state index contributed by atoms with van der Waals surface area (Å²) in [5.74, 6) is -2.58. The van der Waals surface area contributed by atoms with Gasteiger partial charge in [-0.25, -0.2) is 4.39 Å². The van der Waals surface area contributed by atoms with Gasteiger partial charge in [0.1, 0.15) is 16.9 Å². The average Bonchev–Trinajstić information content (AvgIpc) is 2.72. The SMILES string of the molecule is COCCN(CC(N)=O)C(=O)c1c(O)c2ncc(Cc3ccc(F)cc3)cc2[nH]c1=O. The van der Waals surface area contributed by atoms with Crippen molar-refractivity contribution in [2.45, 2.75) is 6.42 Å². The Bertz CT molecular complexity index is 1180. The minimum absolute atomic E-state index is 0.000767. The molecule has 2 heterocycles. The van der Waals surface area contributed by atoms with Gasteiger partial charge >= 0.3 is 0 Å². The molecular formula is C21H21FN4O5. The minimum Gasteiger partial charge on any atom is -0.505 e. The van der Waals surface area contributed by atoms with Crippen LogP contribution in [0.5, 0.6) is 5.75 Å². The number of aromatic nitrogens is 2. The highest BCUT2D eigenvalue weighted by atomic mass is 19.1. The van der Waals surface area contributed by atoms with E-state index in [9.17, 15) is 23.9 Å². The lowest BCUT2D eigenvalue weighted by molar-refractivity contribution is -0.118. The first-order chi connectivity index (χ1) is 14.8. The second-order valence-corrected chi connectivity index (χ2v) is 6.91. The van der Waals surface area contributed by atoms with Gasteiger partial charge in [0, 0.05) is 19.9 Å². The number of primary amides is 1.